The van der Waals surface area contributed by atoms with Gasteiger partial charge in [0.05, 0.1) is 0 Å². The molecule has 0 radical (unpaired) electrons. The predicted molar refractivity (Wildman–Crippen MR) is 145 cm³/mol. The first-order chi connectivity index (χ1) is 17.7. The van der Waals surface area contributed by atoms with Gasteiger partial charge in [-0.05, 0) is 64.3 Å². The van der Waals surface area contributed by atoms with E-state index in [0.29, 0.717) is 0 Å². The zero-order valence-corrected chi connectivity index (χ0v) is 22.7. The number of benzene rings is 2. The Kier molecular flexibility index (Phi) is 10.3. The smallest absolute Gasteiger partial charge is 0.325 e. The van der Waals surface area contributed by atoms with Crippen LogP contribution in [0.15, 0.2) is 54.6 Å². The number of rotatable bonds is 11. The summed E-state index contributed by atoms with van der Waals surface area (Å²) in [5, 5.41) is 3.12. The summed E-state index contributed by atoms with van der Waals surface area (Å²) >= 11 is 0. The molecule has 1 N–H and O–H groups in total. The highest BCUT2D eigenvalue weighted by molar-refractivity contribution is 5.86. The van der Waals surface area contributed by atoms with Crippen LogP contribution in [0.3, 0.4) is 0 Å². The van der Waals surface area contributed by atoms with Crippen molar-refractivity contribution in [3.05, 3.63) is 71.3 Å². The van der Waals surface area contributed by atoms with Crippen LogP contribution in [0.2, 0.25) is 0 Å². The maximum atomic E-state index is 12.6. The molecular formula is C30H41N3O4. The minimum absolute atomic E-state index is 0.0655. The zero-order valence-electron chi connectivity index (χ0n) is 22.7. The molecule has 0 bridgehead atoms. The largest absolute Gasteiger partial charge is 0.459 e. The van der Waals surface area contributed by atoms with E-state index in [9.17, 15) is 14.4 Å². The molecule has 0 aliphatic heterocycles. The Hall–Kier alpha value is -3.19. The van der Waals surface area contributed by atoms with Gasteiger partial charge >= 0.3 is 5.97 Å². The quantitative estimate of drug-likeness (QED) is 0.467. The maximum Gasteiger partial charge on any atom is 0.325 e. The van der Waals surface area contributed by atoms with Crippen molar-refractivity contribution in [2.45, 2.75) is 70.1 Å². The van der Waals surface area contributed by atoms with E-state index in [4.69, 9.17) is 4.74 Å². The van der Waals surface area contributed by atoms with Crippen LogP contribution < -0.4 is 5.32 Å². The van der Waals surface area contributed by atoms with Crippen molar-refractivity contribution in [3.63, 3.8) is 0 Å². The van der Waals surface area contributed by atoms with E-state index in [2.05, 4.69) is 55.5 Å². The molecule has 7 nitrogen and oxygen atoms in total. The number of aryl methyl sites for hydroxylation is 1. The molecule has 2 amide bonds. The number of ether oxygens (including phenoxy) is 1. The van der Waals surface area contributed by atoms with Crippen molar-refractivity contribution < 1.29 is 19.1 Å². The molecule has 0 spiro atoms. The van der Waals surface area contributed by atoms with Gasteiger partial charge in [0, 0.05) is 31.5 Å². The molecule has 0 atom stereocenters. The molecule has 2 aromatic carbocycles. The highest BCUT2D eigenvalue weighted by atomic mass is 16.5. The third kappa shape index (κ3) is 8.71. The third-order valence-electron chi connectivity index (χ3n) is 7.45. The molecule has 3 rings (SSSR count). The summed E-state index contributed by atoms with van der Waals surface area (Å²) in [6.07, 6.45) is 5.01. The SMILES string of the molecule is Cc1cccc(CC2(N(C)C)CCC(NC(=O)CCC(=O)N(C)CC(=O)OCc3ccccc3)CC2)c1. The molecule has 0 unspecified atom stereocenters. The fourth-order valence-corrected chi connectivity index (χ4v) is 5.06. The van der Waals surface area contributed by atoms with E-state index in [0.717, 1.165) is 37.7 Å². The first-order valence-corrected chi connectivity index (χ1v) is 13.1. The average molecular weight is 508 g/mol. The molecule has 0 heterocycles. The van der Waals surface area contributed by atoms with Gasteiger partial charge in [-0.3, -0.25) is 14.4 Å². The van der Waals surface area contributed by atoms with Crippen LogP contribution in [-0.2, 0) is 32.1 Å². The van der Waals surface area contributed by atoms with Gasteiger partial charge in [0.2, 0.25) is 11.8 Å². The predicted octanol–water partition coefficient (Wildman–Crippen LogP) is 3.88. The van der Waals surface area contributed by atoms with Crippen molar-refractivity contribution in [3.8, 4) is 0 Å². The molecule has 1 fully saturated rings. The Morgan fingerprint density at radius 1 is 0.946 bits per heavy atom. The number of hydrogen-bond acceptors (Lipinski definition) is 5. The molecule has 200 valence electrons. The summed E-state index contributed by atoms with van der Waals surface area (Å²) in [4.78, 5) is 40.7. The first-order valence-electron chi connectivity index (χ1n) is 13.1. The molecule has 1 aliphatic rings. The van der Waals surface area contributed by atoms with E-state index in [1.165, 1.54) is 16.0 Å². The lowest BCUT2D eigenvalue weighted by Gasteiger charge is -2.45. The minimum Gasteiger partial charge on any atom is -0.459 e. The summed E-state index contributed by atoms with van der Waals surface area (Å²) in [7, 11) is 5.85. The van der Waals surface area contributed by atoms with Gasteiger partial charge in [0.1, 0.15) is 13.2 Å². The van der Waals surface area contributed by atoms with Crippen LogP contribution in [0.5, 0.6) is 0 Å². The van der Waals surface area contributed by atoms with Gasteiger partial charge < -0.3 is 19.9 Å². The Bertz CT molecular complexity index is 1050. The number of esters is 1. The molecule has 1 saturated carbocycles. The van der Waals surface area contributed by atoms with Crippen LogP contribution >= 0.6 is 0 Å². The monoisotopic (exact) mass is 507 g/mol. The van der Waals surface area contributed by atoms with Crippen molar-refractivity contribution >= 4 is 17.8 Å². The zero-order chi connectivity index (χ0) is 26.8. The minimum atomic E-state index is -0.471. The number of carbonyl (C=O) groups excluding carboxylic acids is 3. The van der Waals surface area contributed by atoms with Gasteiger partial charge in [-0.2, -0.15) is 0 Å². The standard InChI is InChI=1S/C30H41N3O4/c1-23-9-8-12-25(19-23)20-30(32(2)3)17-15-26(16-18-30)31-27(34)13-14-28(35)33(4)21-29(36)37-22-24-10-6-5-7-11-24/h5-12,19,26H,13-18,20-22H2,1-4H3,(H,31,34). The van der Waals surface area contributed by atoms with E-state index in [1.807, 2.05) is 30.3 Å². The summed E-state index contributed by atoms with van der Waals surface area (Å²) in [6.45, 7) is 2.16. The van der Waals surface area contributed by atoms with Crippen molar-refractivity contribution in [2.75, 3.05) is 27.7 Å². The average Bonchev–Trinajstić information content (AvgIpc) is 2.87. The van der Waals surface area contributed by atoms with Crippen LogP contribution in [0.25, 0.3) is 0 Å². The van der Waals surface area contributed by atoms with Gasteiger partial charge in [-0.15, -0.1) is 0 Å². The molecule has 7 heteroatoms. The summed E-state index contributed by atoms with van der Waals surface area (Å²) in [5.41, 5.74) is 3.60. The second-order valence-corrected chi connectivity index (χ2v) is 10.5. The summed E-state index contributed by atoms with van der Waals surface area (Å²) in [5.74, 6) is -0.837. The van der Waals surface area contributed by atoms with Gasteiger partial charge in [0.15, 0.2) is 0 Å². The normalized spacial score (nSPS) is 19.3. The highest BCUT2D eigenvalue weighted by Gasteiger charge is 2.37. The topological polar surface area (TPSA) is 79.0 Å². The van der Waals surface area contributed by atoms with Crippen LogP contribution in [0, 0.1) is 6.92 Å². The number of amides is 2. The maximum absolute atomic E-state index is 12.6. The van der Waals surface area contributed by atoms with Crippen LogP contribution in [0.4, 0.5) is 0 Å². The Labute approximate surface area is 221 Å². The lowest BCUT2D eigenvalue weighted by Crippen LogP contribution is -2.52. The third-order valence-corrected chi connectivity index (χ3v) is 7.45. The van der Waals surface area contributed by atoms with Crippen molar-refractivity contribution in [2.24, 2.45) is 0 Å². The summed E-state index contributed by atoms with van der Waals surface area (Å²) < 4.78 is 5.24. The Balaban J connectivity index is 1.38. The molecule has 0 saturated heterocycles. The number of nitrogens with zero attached hydrogens (tertiary/aromatic N) is 2. The van der Waals surface area contributed by atoms with Gasteiger partial charge in [0.25, 0.3) is 0 Å². The number of carbonyl (C=O) groups is 3. The highest BCUT2D eigenvalue weighted by Crippen LogP contribution is 2.35. The van der Waals surface area contributed by atoms with E-state index < -0.39 is 5.97 Å². The Morgan fingerprint density at radius 2 is 1.62 bits per heavy atom. The fraction of sp³-hybridized carbons (Fsp3) is 0.500. The number of hydrogen-bond donors (Lipinski definition) is 1. The lowest BCUT2D eigenvalue weighted by atomic mass is 9.74. The van der Waals surface area contributed by atoms with Crippen molar-refractivity contribution in [1.29, 1.82) is 0 Å². The van der Waals surface area contributed by atoms with E-state index in [1.54, 1.807) is 7.05 Å². The first kappa shape index (κ1) is 28.4. The molecule has 0 aromatic heterocycles. The van der Waals surface area contributed by atoms with Gasteiger partial charge in [-0.25, -0.2) is 0 Å². The molecule has 1 aliphatic carbocycles. The van der Waals surface area contributed by atoms with E-state index >= 15 is 0 Å². The molecule has 2 aromatic rings. The van der Waals surface area contributed by atoms with Crippen molar-refractivity contribution in [1.82, 2.24) is 15.1 Å². The van der Waals surface area contributed by atoms with Gasteiger partial charge in [-0.1, -0.05) is 60.2 Å². The van der Waals surface area contributed by atoms with Crippen LogP contribution in [0.1, 0.15) is 55.2 Å². The molecule has 37 heavy (non-hydrogen) atoms. The summed E-state index contributed by atoms with van der Waals surface area (Å²) in [6, 6.07) is 18.2. The van der Waals surface area contributed by atoms with Crippen LogP contribution in [-0.4, -0.2) is 66.9 Å². The second kappa shape index (κ2) is 13.4. The van der Waals surface area contributed by atoms with E-state index in [-0.39, 0.29) is 49.4 Å². The lowest BCUT2D eigenvalue weighted by molar-refractivity contribution is -0.149. The molecular weight excluding hydrogens is 466 g/mol. The Morgan fingerprint density at radius 3 is 2.27 bits per heavy atom. The fourth-order valence-electron chi connectivity index (χ4n) is 5.06. The number of likely N-dealkylation sites (N-methyl/N-ethyl adjacent to an activating group) is 2. The second-order valence-electron chi connectivity index (χ2n) is 10.5. The number of nitrogens with one attached hydrogen (secondary N) is 1.